The minimum absolute atomic E-state index is 0.0621. The summed E-state index contributed by atoms with van der Waals surface area (Å²) in [7, 11) is 0. The molecule has 0 amide bonds. The summed E-state index contributed by atoms with van der Waals surface area (Å²) in [5.74, 6) is -1.86. The molecule has 0 aromatic heterocycles. The quantitative estimate of drug-likeness (QED) is 0.616. The van der Waals surface area contributed by atoms with Gasteiger partial charge in [0.2, 0.25) is 0 Å². The zero-order valence-electron chi connectivity index (χ0n) is 10.7. The van der Waals surface area contributed by atoms with Crippen molar-refractivity contribution in [3.63, 3.8) is 0 Å². The van der Waals surface area contributed by atoms with E-state index in [0.29, 0.717) is 0 Å². The largest absolute Gasteiger partial charge is 0.435 e. The third-order valence-electron chi connectivity index (χ3n) is 2.76. The summed E-state index contributed by atoms with van der Waals surface area (Å²) in [5, 5.41) is 0. The molecule has 0 fully saturated rings. The van der Waals surface area contributed by atoms with E-state index in [-0.39, 0.29) is 23.3 Å². The molecule has 110 valence electrons. The Labute approximate surface area is 118 Å². The summed E-state index contributed by atoms with van der Waals surface area (Å²) in [6.07, 6.45) is -0.321. The van der Waals surface area contributed by atoms with Gasteiger partial charge in [-0.2, -0.15) is 8.78 Å². The Hall–Kier alpha value is -2.37. The molecule has 2 aromatic carbocycles. The van der Waals surface area contributed by atoms with Crippen molar-refractivity contribution in [1.29, 1.82) is 0 Å². The maximum Gasteiger partial charge on any atom is 0.387 e. The normalized spacial score (nSPS) is 10.7. The first kappa shape index (κ1) is 15.0. The molecule has 0 unspecified atom stereocenters. The third kappa shape index (κ3) is 4.05. The van der Waals surface area contributed by atoms with Crippen molar-refractivity contribution in [2.75, 3.05) is 0 Å². The first-order valence-corrected chi connectivity index (χ1v) is 5.97. The molecular formula is C15H10F4O2. The number of carbonyl (C=O) groups is 1. The first-order chi connectivity index (χ1) is 9.95. The molecule has 0 saturated carbocycles. The second-order valence-corrected chi connectivity index (χ2v) is 4.24. The smallest absolute Gasteiger partial charge is 0.387 e. The van der Waals surface area contributed by atoms with E-state index >= 15 is 0 Å². The van der Waals surface area contributed by atoms with Crippen LogP contribution >= 0.6 is 0 Å². The van der Waals surface area contributed by atoms with E-state index in [0.717, 1.165) is 18.2 Å². The van der Waals surface area contributed by atoms with E-state index in [1.807, 2.05) is 0 Å². The molecule has 2 aromatic rings. The SMILES string of the molecule is O=C(Cc1cc(F)ccc1F)c1ccc(OC(F)F)cc1. The number of rotatable bonds is 5. The van der Waals surface area contributed by atoms with Gasteiger partial charge in [-0.3, -0.25) is 4.79 Å². The zero-order chi connectivity index (χ0) is 15.4. The predicted molar refractivity (Wildman–Crippen MR) is 67.5 cm³/mol. The van der Waals surface area contributed by atoms with E-state index < -0.39 is 24.0 Å². The number of benzene rings is 2. The van der Waals surface area contributed by atoms with Crippen LogP contribution in [-0.2, 0) is 6.42 Å². The van der Waals surface area contributed by atoms with Gasteiger partial charge in [-0.25, -0.2) is 8.78 Å². The van der Waals surface area contributed by atoms with Gasteiger partial charge in [0, 0.05) is 12.0 Å². The number of ether oxygens (including phenoxy) is 1. The Kier molecular flexibility index (Phi) is 4.57. The molecule has 2 nitrogen and oxygen atoms in total. The summed E-state index contributed by atoms with van der Waals surface area (Å²) in [6.45, 7) is -2.95. The second-order valence-electron chi connectivity index (χ2n) is 4.24. The summed E-state index contributed by atoms with van der Waals surface area (Å²) >= 11 is 0. The van der Waals surface area contributed by atoms with Gasteiger partial charge in [-0.05, 0) is 48.0 Å². The molecule has 0 saturated heterocycles. The van der Waals surface area contributed by atoms with Crippen molar-refractivity contribution < 1.29 is 27.1 Å². The van der Waals surface area contributed by atoms with Crippen LogP contribution in [0.3, 0.4) is 0 Å². The van der Waals surface area contributed by atoms with Crippen LogP contribution in [0.4, 0.5) is 17.6 Å². The molecule has 0 aliphatic carbocycles. The van der Waals surface area contributed by atoms with Gasteiger partial charge in [0.25, 0.3) is 0 Å². The lowest BCUT2D eigenvalue weighted by atomic mass is 10.0. The van der Waals surface area contributed by atoms with E-state index in [9.17, 15) is 22.4 Å². The summed E-state index contributed by atoms with van der Waals surface area (Å²) in [6, 6.07) is 7.84. The van der Waals surface area contributed by atoms with Crippen LogP contribution in [0.15, 0.2) is 42.5 Å². The first-order valence-electron chi connectivity index (χ1n) is 5.97. The van der Waals surface area contributed by atoms with E-state index in [1.54, 1.807) is 0 Å². The molecule has 0 heterocycles. The molecule has 0 bridgehead atoms. The van der Waals surface area contributed by atoms with Gasteiger partial charge in [-0.1, -0.05) is 0 Å². The highest BCUT2D eigenvalue weighted by Gasteiger charge is 2.12. The van der Waals surface area contributed by atoms with Crippen molar-refractivity contribution in [3.05, 3.63) is 65.2 Å². The highest BCUT2D eigenvalue weighted by Crippen LogP contribution is 2.17. The van der Waals surface area contributed by atoms with Gasteiger partial charge in [-0.15, -0.1) is 0 Å². The van der Waals surface area contributed by atoms with E-state index in [4.69, 9.17) is 0 Å². The maximum absolute atomic E-state index is 13.4. The molecule has 6 heteroatoms. The Morgan fingerprint density at radius 1 is 1.05 bits per heavy atom. The number of hydrogen-bond acceptors (Lipinski definition) is 2. The maximum atomic E-state index is 13.4. The fourth-order valence-electron chi connectivity index (χ4n) is 1.78. The number of hydrogen-bond donors (Lipinski definition) is 0. The lowest BCUT2D eigenvalue weighted by molar-refractivity contribution is -0.0498. The minimum Gasteiger partial charge on any atom is -0.435 e. The number of halogens is 4. The molecule has 2 rings (SSSR count). The van der Waals surface area contributed by atoms with Crippen LogP contribution in [0.1, 0.15) is 15.9 Å². The Morgan fingerprint density at radius 2 is 1.71 bits per heavy atom. The fraction of sp³-hybridized carbons (Fsp3) is 0.133. The van der Waals surface area contributed by atoms with Crippen LogP contribution in [0.25, 0.3) is 0 Å². The Balaban J connectivity index is 2.11. The molecule has 0 aliphatic rings. The number of alkyl halides is 2. The topological polar surface area (TPSA) is 26.3 Å². The highest BCUT2D eigenvalue weighted by molar-refractivity contribution is 5.97. The lowest BCUT2D eigenvalue weighted by Crippen LogP contribution is -2.06. The van der Waals surface area contributed by atoms with Crippen LogP contribution in [-0.4, -0.2) is 12.4 Å². The van der Waals surface area contributed by atoms with Crippen molar-refractivity contribution >= 4 is 5.78 Å². The monoisotopic (exact) mass is 298 g/mol. The van der Waals surface area contributed by atoms with Crippen LogP contribution in [0.5, 0.6) is 5.75 Å². The zero-order valence-corrected chi connectivity index (χ0v) is 10.7. The molecule has 0 spiro atoms. The van der Waals surface area contributed by atoms with Gasteiger partial charge >= 0.3 is 6.61 Å². The molecular weight excluding hydrogens is 288 g/mol. The van der Waals surface area contributed by atoms with Crippen LogP contribution in [0, 0.1) is 11.6 Å². The average molecular weight is 298 g/mol. The third-order valence-corrected chi connectivity index (χ3v) is 2.76. The summed E-state index contributed by atoms with van der Waals surface area (Å²) in [4.78, 5) is 11.9. The van der Waals surface area contributed by atoms with Gasteiger partial charge in [0.15, 0.2) is 5.78 Å². The second kappa shape index (κ2) is 6.39. The summed E-state index contributed by atoms with van der Waals surface area (Å²) in [5.41, 5.74) is 0.133. The molecule has 0 atom stereocenters. The lowest BCUT2D eigenvalue weighted by Gasteiger charge is -2.06. The highest BCUT2D eigenvalue weighted by atomic mass is 19.3. The van der Waals surface area contributed by atoms with Gasteiger partial charge < -0.3 is 4.74 Å². The molecule has 21 heavy (non-hydrogen) atoms. The minimum atomic E-state index is -2.95. The molecule has 0 N–H and O–H groups in total. The predicted octanol–water partition coefficient (Wildman–Crippen LogP) is 3.99. The Bertz CT molecular complexity index is 639. The van der Waals surface area contributed by atoms with Crippen molar-refractivity contribution in [2.24, 2.45) is 0 Å². The van der Waals surface area contributed by atoms with E-state index in [2.05, 4.69) is 4.74 Å². The number of ketones is 1. The van der Waals surface area contributed by atoms with Crippen LogP contribution in [0.2, 0.25) is 0 Å². The Morgan fingerprint density at radius 3 is 2.33 bits per heavy atom. The number of carbonyl (C=O) groups excluding carboxylic acids is 1. The average Bonchev–Trinajstić information content (AvgIpc) is 2.43. The van der Waals surface area contributed by atoms with Crippen LogP contribution < -0.4 is 4.74 Å². The van der Waals surface area contributed by atoms with Crippen molar-refractivity contribution in [2.45, 2.75) is 13.0 Å². The van der Waals surface area contributed by atoms with E-state index in [1.165, 1.54) is 24.3 Å². The molecule has 0 aliphatic heterocycles. The van der Waals surface area contributed by atoms with Crippen molar-refractivity contribution in [1.82, 2.24) is 0 Å². The standard InChI is InChI=1S/C15H10F4O2/c16-11-3-6-13(17)10(7-11)8-14(20)9-1-4-12(5-2-9)21-15(18)19/h1-7,15H,8H2. The van der Waals surface area contributed by atoms with Gasteiger partial charge in [0.1, 0.15) is 17.4 Å². The summed E-state index contributed by atoms with van der Waals surface area (Å²) < 4.78 is 54.6. The van der Waals surface area contributed by atoms with Gasteiger partial charge in [0.05, 0.1) is 0 Å². The number of Topliss-reactive ketones (excluding diaryl/α,β-unsaturated/α-hetero) is 1. The fourth-order valence-corrected chi connectivity index (χ4v) is 1.78. The van der Waals surface area contributed by atoms with Crippen molar-refractivity contribution in [3.8, 4) is 5.75 Å². The molecule has 0 radical (unpaired) electrons.